The molecule has 2 aromatic rings. The number of amides is 2. The molecule has 0 radical (unpaired) electrons. The predicted molar refractivity (Wildman–Crippen MR) is 149 cm³/mol. The minimum absolute atomic E-state index is 0.0565. The molecule has 2 heterocycles. The van der Waals surface area contributed by atoms with Crippen LogP contribution in [0.2, 0.25) is 0 Å². The number of carboxylic acid groups (broad SMARTS) is 1. The minimum atomic E-state index is -1.31. The van der Waals surface area contributed by atoms with Gasteiger partial charge in [-0.25, -0.2) is 19.6 Å². The van der Waals surface area contributed by atoms with Gasteiger partial charge < -0.3 is 19.6 Å². The summed E-state index contributed by atoms with van der Waals surface area (Å²) < 4.78 is 5.21. The first-order chi connectivity index (χ1) is 17.6. The van der Waals surface area contributed by atoms with Crippen LogP contribution in [0.25, 0.3) is 16.8 Å². The molecule has 10 nitrogen and oxygen atoms in total. The molecule has 1 saturated heterocycles. The summed E-state index contributed by atoms with van der Waals surface area (Å²) in [6.45, 7) is 19.7. The van der Waals surface area contributed by atoms with E-state index >= 15 is 0 Å². The van der Waals surface area contributed by atoms with Crippen LogP contribution in [0.5, 0.6) is 0 Å². The molecule has 0 saturated carbocycles. The quantitative estimate of drug-likeness (QED) is 0.419. The molecule has 1 aliphatic heterocycles. The molecule has 0 bridgehead atoms. The average Bonchev–Trinajstić information content (AvgIpc) is 2.81. The molecule has 1 aromatic carbocycles. The molecule has 2 amide bonds. The van der Waals surface area contributed by atoms with Gasteiger partial charge in [0.2, 0.25) is 11.9 Å². The summed E-state index contributed by atoms with van der Waals surface area (Å²) in [6.07, 6.45) is -0.417. The maximum absolute atomic E-state index is 12.2. The lowest BCUT2D eigenvalue weighted by molar-refractivity contribution is 0.0601. The number of nitrogens with zero attached hydrogens (tertiary/aromatic N) is 5. The number of hydrogen-bond acceptors (Lipinski definition) is 6. The molecule has 2 N–H and O–H groups in total. The summed E-state index contributed by atoms with van der Waals surface area (Å²) in [7, 11) is 0. The topological polar surface area (TPSA) is 120 Å². The Labute approximate surface area is 224 Å². The monoisotopic (exact) mass is 522 g/mol. The third-order valence-corrected chi connectivity index (χ3v) is 5.90. The Morgan fingerprint density at radius 2 is 1.74 bits per heavy atom. The molecule has 3 rings (SSSR count). The lowest BCUT2D eigenvalue weighted by Crippen LogP contribution is -2.54. The van der Waals surface area contributed by atoms with E-state index in [0.29, 0.717) is 32.1 Å². The molecule has 0 aliphatic carbocycles. The Hall–Kier alpha value is -3.95. The van der Waals surface area contributed by atoms with E-state index in [1.807, 2.05) is 17.9 Å². The molecule has 1 aromatic heterocycles. The van der Waals surface area contributed by atoms with Crippen LogP contribution in [0.4, 0.5) is 15.5 Å². The van der Waals surface area contributed by atoms with E-state index in [0.717, 1.165) is 22.4 Å². The summed E-state index contributed by atoms with van der Waals surface area (Å²) in [5.41, 5.74) is 4.39. The van der Waals surface area contributed by atoms with Crippen molar-refractivity contribution in [2.75, 3.05) is 31.1 Å². The van der Waals surface area contributed by atoms with Crippen LogP contribution in [0.15, 0.2) is 42.0 Å². The summed E-state index contributed by atoms with van der Waals surface area (Å²) in [6, 6.07) is 8.22. The third-order valence-electron chi connectivity index (χ3n) is 5.90. The zero-order valence-corrected chi connectivity index (χ0v) is 23.3. The van der Waals surface area contributed by atoms with Crippen molar-refractivity contribution in [3.63, 3.8) is 0 Å². The number of carbonyl (C=O) groups excluding carboxylic acids is 1. The minimum Gasteiger partial charge on any atom is -0.465 e. The van der Waals surface area contributed by atoms with Crippen LogP contribution in [0.3, 0.4) is 0 Å². The third kappa shape index (κ3) is 7.53. The molecule has 0 unspecified atom stereocenters. The molecule has 1 fully saturated rings. The van der Waals surface area contributed by atoms with Crippen LogP contribution in [-0.4, -0.2) is 69.9 Å². The Kier molecular flexibility index (Phi) is 8.44. The summed E-state index contributed by atoms with van der Waals surface area (Å²) in [4.78, 5) is 40.4. The zero-order valence-electron chi connectivity index (χ0n) is 23.3. The Balaban J connectivity index is 1.79. The fourth-order valence-electron chi connectivity index (χ4n) is 4.12. The number of anilines is 1. The lowest BCUT2D eigenvalue weighted by Gasteiger charge is -2.36. The number of rotatable bonds is 3. The first-order valence-electron chi connectivity index (χ1n) is 12.6. The first kappa shape index (κ1) is 28.6. The second kappa shape index (κ2) is 11.2. The van der Waals surface area contributed by atoms with E-state index in [1.165, 1.54) is 5.56 Å². The molecule has 0 spiro atoms. The van der Waals surface area contributed by atoms with Gasteiger partial charge in [0.05, 0.1) is 5.69 Å². The summed E-state index contributed by atoms with van der Waals surface area (Å²) in [5, 5.41) is 11.5. The van der Waals surface area contributed by atoms with Crippen molar-refractivity contribution >= 4 is 29.7 Å². The van der Waals surface area contributed by atoms with Crippen LogP contribution in [-0.2, 0) is 10.2 Å². The van der Waals surface area contributed by atoms with Gasteiger partial charge in [-0.05, 0) is 56.4 Å². The van der Waals surface area contributed by atoms with Crippen molar-refractivity contribution in [2.24, 2.45) is 4.99 Å². The number of aliphatic imine (C=N–C) groups is 1. The molecule has 0 atom stereocenters. The fourth-order valence-corrected chi connectivity index (χ4v) is 4.12. The first-order valence-corrected chi connectivity index (χ1v) is 12.6. The Morgan fingerprint density at radius 1 is 1.08 bits per heavy atom. The maximum Gasteiger partial charge on any atom is 0.437 e. The van der Waals surface area contributed by atoms with E-state index in [2.05, 4.69) is 60.8 Å². The molecular weight excluding hydrogens is 484 g/mol. The van der Waals surface area contributed by atoms with Gasteiger partial charge in [-0.3, -0.25) is 5.32 Å². The lowest BCUT2D eigenvalue weighted by atomic mass is 9.81. The largest absolute Gasteiger partial charge is 0.465 e. The molecule has 38 heavy (non-hydrogen) atoms. The van der Waals surface area contributed by atoms with Crippen molar-refractivity contribution in [2.45, 2.75) is 59.5 Å². The molecular formula is C28H38N6O4. The smallest absolute Gasteiger partial charge is 0.437 e. The SMILES string of the molecule is C=C(C)c1ccc(-c2ccnc(N3CCN(C(=NC(=O)OC(C)(C)C)NC(=O)O)CC3)n2)cc1C(C)(C)C. The number of carbonyl (C=O) groups is 2. The number of allylic oxidation sites excluding steroid dienone is 1. The van der Waals surface area contributed by atoms with Gasteiger partial charge in [-0.2, -0.15) is 0 Å². The number of nitrogens with one attached hydrogen (secondary N) is 1. The van der Waals surface area contributed by atoms with Crippen molar-refractivity contribution in [3.05, 3.63) is 48.2 Å². The molecule has 204 valence electrons. The Morgan fingerprint density at radius 3 is 2.29 bits per heavy atom. The standard InChI is InChI=1S/C28H38N6O4/c1-18(2)20-10-9-19(17-21(20)27(3,4)5)22-11-12-29-23(30-22)33-13-15-34(16-14-33)24(31-25(35)36)32-26(37)38-28(6,7)8/h9-12,17H,1,13-16H2,2-8H3,(H,35,36)(H,31,32,37). The fraction of sp³-hybridized carbons (Fsp3) is 0.464. The van der Waals surface area contributed by atoms with E-state index in [-0.39, 0.29) is 11.4 Å². The van der Waals surface area contributed by atoms with E-state index in [1.54, 1.807) is 31.9 Å². The molecule has 1 aliphatic rings. The number of benzene rings is 1. The second-order valence-corrected chi connectivity index (χ2v) is 11.4. The maximum atomic E-state index is 12.2. The highest BCUT2D eigenvalue weighted by atomic mass is 16.6. The van der Waals surface area contributed by atoms with Crippen LogP contribution in [0, 0.1) is 0 Å². The van der Waals surface area contributed by atoms with Crippen molar-refractivity contribution < 1.29 is 19.4 Å². The summed E-state index contributed by atoms with van der Waals surface area (Å²) in [5.74, 6) is 0.522. The van der Waals surface area contributed by atoms with E-state index in [9.17, 15) is 14.7 Å². The highest BCUT2D eigenvalue weighted by Gasteiger charge is 2.25. The van der Waals surface area contributed by atoms with Crippen molar-refractivity contribution in [1.29, 1.82) is 0 Å². The van der Waals surface area contributed by atoms with Gasteiger partial charge >= 0.3 is 12.2 Å². The van der Waals surface area contributed by atoms with Crippen LogP contribution in [0.1, 0.15) is 59.6 Å². The van der Waals surface area contributed by atoms with Gasteiger partial charge in [0.25, 0.3) is 0 Å². The van der Waals surface area contributed by atoms with Gasteiger partial charge in [-0.1, -0.05) is 45.1 Å². The molecule has 10 heteroatoms. The van der Waals surface area contributed by atoms with Crippen LogP contribution >= 0.6 is 0 Å². The van der Waals surface area contributed by atoms with E-state index < -0.39 is 17.8 Å². The highest BCUT2D eigenvalue weighted by Crippen LogP contribution is 2.33. The highest BCUT2D eigenvalue weighted by molar-refractivity contribution is 5.98. The summed E-state index contributed by atoms with van der Waals surface area (Å²) >= 11 is 0. The Bertz CT molecular complexity index is 1230. The zero-order chi connectivity index (χ0) is 28.3. The van der Waals surface area contributed by atoms with Gasteiger partial charge in [0.1, 0.15) is 5.60 Å². The number of guanidine groups is 1. The van der Waals surface area contributed by atoms with Gasteiger partial charge in [0, 0.05) is 37.9 Å². The van der Waals surface area contributed by atoms with Crippen molar-refractivity contribution in [1.82, 2.24) is 20.2 Å². The number of aromatic nitrogens is 2. The van der Waals surface area contributed by atoms with Gasteiger partial charge in [-0.15, -0.1) is 4.99 Å². The number of hydrogen-bond donors (Lipinski definition) is 2. The predicted octanol–water partition coefficient (Wildman–Crippen LogP) is 5.15. The second-order valence-electron chi connectivity index (χ2n) is 11.4. The average molecular weight is 523 g/mol. The van der Waals surface area contributed by atoms with Crippen LogP contribution < -0.4 is 10.2 Å². The normalized spacial score (nSPS) is 14.8. The van der Waals surface area contributed by atoms with E-state index in [4.69, 9.17) is 9.72 Å². The van der Waals surface area contributed by atoms with Gasteiger partial charge in [0.15, 0.2) is 0 Å². The number of ether oxygens (including phenoxy) is 1. The number of piperazine rings is 1. The van der Waals surface area contributed by atoms with Crippen molar-refractivity contribution in [3.8, 4) is 11.3 Å².